The molecule has 0 radical (unpaired) electrons. The molecule has 5 N–H and O–H groups in total. The first-order valence-corrected chi connectivity index (χ1v) is 56.5. The molecule has 0 spiro atoms. The van der Waals surface area contributed by atoms with Crippen LogP contribution in [-0.4, -0.2) is 307 Å². The number of nitro groups is 1. The van der Waals surface area contributed by atoms with Gasteiger partial charge in [-0.25, -0.2) is 0 Å². The standard InChI is InChI=1S/C20H26ClN3O3.C20H25N3O3.C15H17N3O4.2C15H19N3O2.C4H9O.2CH3I.3CH4.K.2Na.H2S/c21-10-2-1-5-19(25)22-16-6-8-17(9-7-16)24-11-3-4-18(20(24)26)23-12-14-27-15-13-23;24-19-5-1-2-10-22(19)16-6-8-17(9-7-16)23-11-3-4-18(20(23)25)21-12-14-26-15-13-21;19-15-14(16-8-10-22-11-9-16)2-1-7-17(15)12-3-5-13(6-4-12)18(20)21;2*16-12-3-5-13(6-4-12)18-7-1-2-14(15(18)19)17-8-10-20-11-9-17;1-4(2,3)5;2*1-2;;;;;;;/h4,6-9H,1-3,5,10-15H2,(H,22,25);4,6-9H,1-3,5,10-15H2;2-6H,1,7-11H2;2*2-6H,1,7-11,16H2;1-3H3;2*1H3;3*1H4;;;;1H2/q;;;;;-1;;;;;;+1;;;. The van der Waals surface area contributed by atoms with Crippen molar-refractivity contribution in [1.82, 2.24) is 24.5 Å². The van der Waals surface area contributed by atoms with E-state index in [1.807, 2.05) is 162 Å². The minimum absolute atomic E-state index is 0. The number of unbranched alkanes of at least 4 members (excludes halogenated alkanes) is 1. The number of carbonyl (C=O) groups excluding carboxylic acids is 7. The number of nitrogens with one attached hydrogen (secondary N) is 1. The van der Waals surface area contributed by atoms with Crippen LogP contribution in [0.5, 0.6) is 0 Å². The molecule has 11 aliphatic rings. The van der Waals surface area contributed by atoms with Gasteiger partial charge in [0.2, 0.25) is 11.8 Å². The van der Waals surface area contributed by atoms with E-state index >= 15 is 0 Å². The second-order valence-electron chi connectivity index (χ2n) is 31.0. The Morgan fingerprint density at radius 2 is 0.649 bits per heavy atom. The number of halogens is 3. The average molecular weight is 2120 g/mol. The molecule has 0 unspecified atom stereocenters. The summed E-state index contributed by atoms with van der Waals surface area (Å²) in [5.41, 5.74) is 21.8. The zero-order chi connectivity index (χ0) is 90.9. The van der Waals surface area contributed by atoms with E-state index in [2.05, 4.69) is 70.1 Å². The van der Waals surface area contributed by atoms with E-state index in [9.17, 15) is 48.8 Å². The molecule has 0 aliphatic carbocycles. The summed E-state index contributed by atoms with van der Waals surface area (Å²) in [4.78, 5) is 123. The molecule has 37 heteroatoms. The Kier molecular flexibility index (Phi) is 59.1. The molecular weight excluding hydrogens is 1990 g/mol. The third kappa shape index (κ3) is 37.8. The number of carbonyl (C=O) groups is 7. The van der Waals surface area contributed by atoms with Crippen molar-refractivity contribution >= 4 is 212 Å². The van der Waals surface area contributed by atoms with Crippen molar-refractivity contribution in [3.8, 4) is 0 Å². The molecule has 0 saturated carbocycles. The van der Waals surface area contributed by atoms with Crippen molar-refractivity contribution in [1.29, 1.82) is 0 Å². The number of hydrogen-bond acceptors (Lipinski definition) is 22. The van der Waals surface area contributed by atoms with Crippen LogP contribution in [0, 0.1) is 10.1 Å². The van der Waals surface area contributed by atoms with Gasteiger partial charge in [0.1, 0.15) is 0 Å². The third-order valence-electron chi connectivity index (χ3n) is 21.4. The van der Waals surface area contributed by atoms with E-state index in [0.717, 1.165) is 187 Å². The van der Waals surface area contributed by atoms with E-state index < -0.39 is 10.5 Å². The van der Waals surface area contributed by atoms with Crippen LogP contribution in [0.3, 0.4) is 0 Å². The van der Waals surface area contributed by atoms with Gasteiger partial charge in [-0.2, -0.15) is 13.5 Å². The van der Waals surface area contributed by atoms with Crippen molar-refractivity contribution in [2.24, 2.45) is 0 Å². The van der Waals surface area contributed by atoms with Crippen molar-refractivity contribution in [2.75, 3.05) is 233 Å². The van der Waals surface area contributed by atoms with Crippen molar-refractivity contribution in [2.45, 2.75) is 119 Å². The summed E-state index contributed by atoms with van der Waals surface area (Å²) < 4.78 is 26.8. The fourth-order valence-electron chi connectivity index (χ4n) is 15.1. The van der Waals surface area contributed by atoms with Crippen LogP contribution in [0.15, 0.2) is 180 Å². The Balaban J connectivity index is 0.000000408. The fourth-order valence-corrected chi connectivity index (χ4v) is 15.3. The number of hydrogen-bond donors (Lipinski definition) is 3. The Labute approximate surface area is 887 Å². The van der Waals surface area contributed by atoms with E-state index in [0.29, 0.717) is 140 Å². The molecule has 6 saturated heterocycles. The van der Waals surface area contributed by atoms with E-state index in [1.165, 1.54) is 55.8 Å². The summed E-state index contributed by atoms with van der Waals surface area (Å²) in [5, 5.41) is 23.7. The predicted molar refractivity (Wildman–Crippen MR) is 546 cm³/mol. The average Bonchev–Trinajstić information content (AvgIpc) is 0.811. The van der Waals surface area contributed by atoms with Crippen LogP contribution in [0.2, 0.25) is 0 Å². The topological polar surface area (TPSA) is 332 Å². The molecule has 30 nitrogen and oxygen atoms in total. The van der Waals surface area contributed by atoms with Gasteiger partial charge in [-0.3, -0.25) is 43.7 Å². The number of nitrogens with two attached hydrogens (primary N) is 2. The van der Waals surface area contributed by atoms with Crippen LogP contribution in [-0.2, 0) is 57.2 Å². The Bertz CT molecular complexity index is 4360. The van der Waals surface area contributed by atoms with E-state index in [4.69, 9.17) is 46.8 Å². The van der Waals surface area contributed by atoms with Crippen LogP contribution in [0.1, 0.15) is 114 Å². The monoisotopic (exact) mass is 2120 g/mol. The van der Waals surface area contributed by atoms with Gasteiger partial charge in [0.05, 0.1) is 99.5 Å². The number of nitrogen functional groups attached to an aromatic ring is 2. The number of nitrogens with zero attached hydrogens (tertiary/aromatic N) is 12. The molecule has 7 amide bonds. The van der Waals surface area contributed by atoms with Gasteiger partial charge in [0.25, 0.3) is 35.2 Å². The minimum atomic E-state index is -0.750. The molecule has 131 heavy (non-hydrogen) atoms. The van der Waals surface area contributed by atoms with Gasteiger partial charge in [-0.05, 0) is 177 Å². The fraction of sp³-hybridized carbons (Fsp3) is 0.500. The number of non-ortho nitro benzene ring substituents is 1. The summed E-state index contributed by atoms with van der Waals surface area (Å²) in [5.74, 6) is 0.927. The van der Waals surface area contributed by atoms with Crippen LogP contribution >= 0.6 is 70.3 Å². The molecule has 11 heterocycles. The molecule has 706 valence electrons. The molecule has 11 aliphatic heterocycles. The van der Waals surface area contributed by atoms with E-state index in [-0.39, 0.29) is 134 Å². The number of amides is 7. The van der Waals surface area contributed by atoms with Gasteiger partial charge in [-0.1, -0.05) is 119 Å². The van der Waals surface area contributed by atoms with Gasteiger partial charge >= 0.3 is 95.0 Å². The number of piperidine rings is 1. The molecular formula is C94H135ClI2KN15Na2O15S. The number of ether oxygens (including phenoxy) is 5. The molecule has 0 bridgehead atoms. The normalized spacial score (nSPS) is 17.9. The summed E-state index contributed by atoms with van der Waals surface area (Å²) >= 11 is 12.8. The van der Waals surface area contributed by atoms with E-state index in [1.54, 1.807) is 42.7 Å². The summed E-state index contributed by atoms with van der Waals surface area (Å²) in [6, 6.07) is 36.3. The molecule has 0 atom stereocenters. The second kappa shape index (κ2) is 64.6. The molecule has 0 aromatic heterocycles. The number of anilines is 9. The predicted octanol–water partition coefficient (Wildman–Crippen LogP) is 9.65. The summed E-state index contributed by atoms with van der Waals surface area (Å²) in [6.07, 6.45) is 19.1. The Morgan fingerprint density at radius 3 is 0.893 bits per heavy atom. The Morgan fingerprint density at radius 1 is 0.412 bits per heavy atom. The van der Waals surface area contributed by atoms with Crippen LogP contribution in [0.25, 0.3) is 0 Å². The maximum absolute atomic E-state index is 13.0. The zero-order valence-electron chi connectivity index (χ0n) is 75.6. The van der Waals surface area contributed by atoms with Crippen molar-refractivity contribution in [3.05, 3.63) is 190 Å². The summed E-state index contributed by atoms with van der Waals surface area (Å²) in [7, 11) is 0. The third-order valence-corrected chi connectivity index (χ3v) is 21.6. The summed E-state index contributed by atoms with van der Waals surface area (Å²) in [6.45, 7) is 23.3. The number of morpholine rings is 5. The molecule has 16 rings (SSSR count). The first kappa shape index (κ1) is 120. The Hall–Kier alpha value is -5.41. The van der Waals surface area contributed by atoms with Crippen LogP contribution < -0.4 is 103 Å². The quantitative estimate of drug-likeness (QED) is 0.0148. The molecule has 6 fully saturated rings. The first-order chi connectivity index (χ1) is 61.1. The van der Waals surface area contributed by atoms with Gasteiger partial charge in [0.15, 0.2) is 0 Å². The SMILES string of the molecule is C.C.C.CC(C)(C)[O-].CI.CI.Nc1ccc(N2CCC=C(N3CCOCC3)C2=O)cc1.Nc1ccc(N2CCC=C(N3CCOCC3)C2=O)cc1.O=C(CCCCCl)Nc1ccc(N2CCC=C(N3CCOCC3)C2=O)cc1.O=C1C(N2CCOCC2)=CCCN1c1ccc([N+](=O)[O-])cc1.O=C1CCCCN1c1ccc(N2CCC=C(N3CCOCC3)C2=O)cc1.S.[K+].[Na][Na]. The zero-order valence-corrected chi connectivity index (χ0v) is 88.8. The number of nitro benzene ring substituents is 1. The molecule has 5 aromatic carbocycles. The molecule has 5 aromatic rings. The number of benzene rings is 5. The second-order valence-corrected chi connectivity index (χ2v) is 31.4. The maximum atomic E-state index is 13.0. The first-order valence-electron chi connectivity index (χ1n) is 43.6. The van der Waals surface area contributed by atoms with Gasteiger partial charge < -0.3 is 99.5 Å². The number of alkyl halides is 3. The van der Waals surface area contributed by atoms with Gasteiger partial charge in [-0.15, -0.1) is 17.2 Å². The number of rotatable bonds is 17. The van der Waals surface area contributed by atoms with Gasteiger partial charge in [0, 0.05) is 187 Å². The van der Waals surface area contributed by atoms with Crippen molar-refractivity contribution in [3.63, 3.8) is 0 Å². The van der Waals surface area contributed by atoms with Crippen LogP contribution in [0.4, 0.5) is 56.9 Å². The van der Waals surface area contributed by atoms with Crippen molar-refractivity contribution < 1.29 is 119 Å².